The molecule has 0 fully saturated rings. The van der Waals surface area contributed by atoms with Crippen molar-refractivity contribution in [3.63, 3.8) is 0 Å². The number of H-pyrrole nitrogens is 1. The maximum absolute atomic E-state index is 5.15. The molecule has 9 heteroatoms. The molecule has 0 spiro atoms. The van der Waals surface area contributed by atoms with Crippen molar-refractivity contribution in [1.82, 2.24) is 39.5 Å². The van der Waals surface area contributed by atoms with Gasteiger partial charge < -0.3 is 9.72 Å². The molecule has 4 rings (SSSR count). The van der Waals surface area contributed by atoms with Crippen molar-refractivity contribution >= 4 is 11.0 Å². The van der Waals surface area contributed by atoms with E-state index in [-0.39, 0.29) is 0 Å². The van der Waals surface area contributed by atoms with E-state index in [1.807, 2.05) is 32.3 Å². The lowest BCUT2D eigenvalue weighted by molar-refractivity contribution is 0.200. The number of aromatic nitrogens is 8. The van der Waals surface area contributed by atoms with Crippen LogP contribution in [0.2, 0.25) is 0 Å². The van der Waals surface area contributed by atoms with Crippen LogP contribution in [0.1, 0.15) is 11.6 Å². The Hall–Kier alpha value is -3.07. The smallest absolute Gasteiger partial charge is 0.251 e. The Balaban J connectivity index is 1.91. The zero-order valence-corrected chi connectivity index (χ0v) is 14.3. The van der Waals surface area contributed by atoms with Crippen molar-refractivity contribution in [1.29, 1.82) is 0 Å². The first-order valence-corrected chi connectivity index (χ1v) is 7.92. The Morgan fingerprint density at radius 3 is 2.88 bits per heavy atom. The number of rotatable bonds is 5. The number of aromatic amines is 1. The number of pyridine rings is 1. The van der Waals surface area contributed by atoms with Gasteiger partial charge in [-0.25, -0.2) is 9.67 Å². The molecule has 0 saturated carbocycles. The fourth-order valence-corrected chi connectivity index (χ4v) is 2.78. The highest BCUT2D eigenvalue weighted by atomic mass is 16.5. The van der Waals surface area contributed by atoms with Crippen molar-refractivity contribution in [2.45, 2.75) is 13.3 Å². The molecule has 0 aliphatic heterocycles. The van der Waals surface area contributed by atoms with Gasteiger partial charge in [-0.15, -0.1) is 5.10 Å². The van der Waals surface area contributed by atoms with Crippen molar-refractivity contribution in [2.75, 3.05) is 13.7 Å². The minimum absolute atomic E-state index is 0.549. The van der Waals surface area contributed by atoms with Crippen LogP contribution in [0.15, 0.2) is 24.5 Å². The number of nitrogens with zero attached hydrogens (tertiary/aromatic N) is 7. The van der Waals surface area contributed by atoms with Gasteiger partial charge in [0.2, 0.25) is 0 Å². The predicted molar refractivity (Wildman–Crippen MR) is 91.3 cm³/mol. The number of fused-ring (bicyclic) bond motifs is 1. The molecule has 0 saturated heterocycles. The van der Waals surface area contributed by atoms with E-state index in [1.165, 1.54) is 0 Å². The van der Waals surface area contributed by atoms with Gasteiger partial charge in [-0.3, -0.25) is 4.98 Å². The van der Waals surface area contributed by atoms with Crippen LogP contribution in [-0.4, -0.2) is 53.2 Å². The molecule has 0 radical (unpaired) electrons. The van der Waals surface area contributed by atoms with Gasteiger partial charge in [0.15, 0.2) is 11.6 Å². The third-order valence-corrected chi connectivity index (χ3v) is 3.89. The highest BCUT2D eigenvalue weighted by Gasteiger charge is 2.20. The highest BCUT2D eigenvalue weighted by Crippen LogP contribution is 2.27. The van der Waals surface area contributed by atoms with E-state index < -0.39 is 0 Å². The zero-order valence-electron chi connectivity index (χ0n) is 14.3. The van der Waals surface area contributed by atoms with Gasteiger partial charge in [-0.1, -0.05) is 0 Å². The normalized spacial score (nSPS) is 11.5. The van der Waals surface area contributed by atoms with E-state index in [0.29, 0.717) is 36.4 Å². The fourth-order valence-electron chi connectivity index (χ4n) is 2.78. The van der Waals surface area contributed by atoms with Crippen LogP contribution in [0.4, 0.5) is 0 Å². The molecular weight excluding hydrogens is 320 g/mol. The van der Waals surface area contributed by atoms with Gasteiger partial charge in [0.25, 0.3) is 5.95 Å². The van der Waals surface area contributed by atoms with Crippen LogP contribution in [0.3, 0.4) is 0 Å². The van der Waals surface area contributed by atoms with Gasteiger partial charge >= 0.3 is 0 Å². The molecule has 4 heterocycles. The van der Waals surface area contributed by atoms with Crippen LogP contribution in [0, 0.1) is 6.92 Å². The lowest BCUT2D eigenvalue weighted by Gasteiger charge is -2.03. The number of methoxy groups -OCH3 is 1. The Bertz CT molecular complexity index is 1030. The topological polar surface area (TPSA) is 99.3 Å². The number of ether oxygens (including phenoxy) is 1. The largest absolute Gasteiger partial charge is 0.384 e. The maximum atomic E-state index is 5.15. The van der Waals surface area contributed by atoms with E-state index in [0.717, 1.165) is 16.6 Å². The lowest BCUT2D eigenvalue weighted by Crippen LogP contribution is -2.08. The summed E-state index contributed by atoms with van der Waals surface area (Å²) in [6, 6.07) is 3.87. The average Bonchev–Trinajstić information content (AvgIpc) is 3.29. The number of aryl methyl sites for hydroxylation is 2. The number of hydrogen-bond acceptors (Lipinski definition) is 6. The summed E-state index contributed by atoms with van der Waals surface area (Å²) in [5.74, 6) is 2.64. The second kappa shape index (κ2) is 6.10. The molecule has 4 aromatic rings. The summed E-state index contributed by atoms with van der Waals surface area (Å²) in [5, 5.41) is 8.93. The summed E-state index contributed by atoms with van der Waals surface area (Å²) in [4.78, 5) is 16.9. The van der Waals surface area contributed by atoms with Crippen molar-refractivity contribution < 1.29 is 4.74 Å². The summed E-state index contributed by atoms with van der Waals surface area (Å²) in [6.07, 6.45) is 4.27. The van der Waals surface area contributed by atoms with Crippen LogP contribution >= 0.6 is 0 Å². The summed E-state index contributed by atoms with van der Waals surface area (Å²) < 4.78 is 8.55. The quantitative estimate of drug-likeness (QED) is 0.591. The molecule has 128 valence electrons. The third-order valence-electron chi connectivity index (χ3n) is 3.89. The maximum Gasteiger partial charge on any atom is 0.251 e. The number of hydrogen-bond donors (Lipinski definition) is 1. The van der Waals surface area contributed by atoms with Crippen molar-refractivity contribution in [3.05, 3.63) is 36.2 Å². The molecule has 1 N–H and O–H groups in total. The van der Waals surface area contributed by atoms with E-state index in [4.69, 9.17) is 9.72 Å². The van der Waals surface area contributed by atoms with E-state index in [9.17, 15) is 0 Å². The standard InChI is InChI=1S/C16H18N8O/c1-10-19-16(23(2)21-10)24-15(20-13(22-24)6-8-25-3)11-9-18-12-5-4-7-17-14(11)12/h4-5,7,9,18H,6,8H2,1-3H3. The fraction of sp³-hybridized carbons (Fsp3) is 0.312. The second-order valence-electron chi connectivity index (χ2n) is 5.69. The van der Waals surface area contributed by atoms with Gasteiger partial charge in [-0.05, 0) is 19.1 Å². The van der Waals surface area contributed by atoms with E-state index in [1.54, 1.807) is 22.7 Å². The predicted octanol–water partition coefficient (Wildman–Crippen LogP) is 1.44. The van der Waals surface area contributed by atoms with Crippen molar-refractivity contribution in [3.8, 4) is 17.3 Å². The van der Waals surface area contributed by atoms with Gasteiger partial charge in [0.05, 0.1) is 23.2 Å². The Kier molecular flexibility index (Phi) is 3.77. The summed E-state index contributed by atoms with van der Waals surface area (Å²) in [6.45, 7) is 2.40. The molecule has 4 aromatic heterocycles. The van der Waals surface area contributed by atoms with Gasteiger partial charge in [-0.2, -0.15) is 14.8 Å². The molecule has 0 aromatic carbocycles. The molecular formula is C16H18N8O. The Morgan fingerprint density at radius 2 is 2.12 bits per heavy atom. The van der Waals surface area contributed by atoms with E-state index >= 15 is 0 Å². The van der Waals surface area contributed by atoms with Gasteiger partial charge in [0.1, 0.15) is 5.82 Å². The monoisotopic (exact) mass is 338 g/mol. The lowest BCUT2D eigenvalue weighted by atomic mass is 10.2. The van der Waals surface area contributed by atoms with Crippen LogP contribution < -0.4 is 0 Å². The third kappa shape index (κ3) is 2.68. The highest BCUT2D eigenvalue weighted by molar-refractivity contribution is 5.90. The van der Waals surface area contributed by atoms with Crippen LogP contribution in [0.5, 0.6) is 0 Å². The first-order chi connectivity index (χ1) is 12.2. The van der Waals surface area contributed by atoms with Crippen molar-refractivity contribution in [2.24, 2.45) is 7.05 Å². The first-order valence-electron chi connectivity index (χ1n) is 7.92. The molecule has 0 aliphatic carbocycles. The first kappa shape index (κ1) is 15.5. The summed E-state index contributed by atoms with van der Waals surface area (Å²) in [5.41, 5.74) is 2.65. The van der Waals surface area contributed by atoms with Crippen LogP contribution in [0.25, 0.3) is 28.4 Å². The van der Waals surface area contributed by atoms with E-state index in [2.05, 4.69) is 25.1 Å². The van der Waals surface area contributed by atoms with Crippen LogP contribution in [-0.2, 0) is 18.2 Å². The molecule has 0 atom stereocenters. The average molecular weight is 338 g/mol. The SMILES string of the molecule is COCCc1nc(-c2c[nH]c3cccnc23)n(-c2nc(C)nn2C)n1. The summed E-state index contributed by atoms with van der Waals surface area (Å²) >= 11 is 0. The zero-order chi connectivity index (χ0) is 17.4. The number of nitrogens with one attached hydrogen (secondary N) is 1. The molecule has 0 bridgehead atoms. The molecule has 25 heavy (non-hydrogen) atoms. The second-order valence-corrected chi connectivity index (χ2v) is 5.69. The minimum atomic E-state index is 0.549. The molecule has 0 amide bonds. The Morgan fingerprint density at radius 1 is 1.24 bits per heavy atom. The molecule has 0 aliphatic rings. The summed E-state index contributed by atoms with van der Waals surface area (Å²) in [7, 11) is 3.50. The van der Waals surface area contributed by atoms with Gasteiger partial charge in [0, 0.05) is 33.0 Å². The molecule has 0 unspecified atom stereocenters. The minimum Gasteiger partial charge on any atom is -0.384 e. The Labute approximate surface area is 143 Å². The molecule has 9 nitrogen and oxygen atoms in total.